The Hall–Kier alpha value is -3.15. The number of aliphatic carboxylic acids is 1. The summed E-state index contributed by atoms with van der Waals surface area (Å²) in [4.78, 5) is 28.7. The first-order valence-electron chi connectivity index (χ1n) is 8.97. The Morgan fingerprint density at radius 1 is 1.07 bits per heavy atom. The zero-order valence-corrected chi connectivity index (χ0v) is 14.8. The number of nitrogens with zero attached hydrogens (tertiary/aromatic N) is 1. The Kier molecular flexibility index (Phi) is 4.39. The normalized spacial score (nSPS) is 14.8. The van der Waals surface area contributed by atoms with Crippen LogP contribution in [0.2, 0.25) is 0 Å². The van der Waals surface area contributed by atoms with Crippen LogP contribution in [-0.2, 0) is 28.9 Å². The van der Waals surface area contributed by atoms with E-state index in [1.165, 1.54) is 0 Å². The number of amides is 1. The minimum Gasteiger partial charge on any atom is -0.481 e. The number of carboxylic acids is 1. The van der Waals surface area contributed by atoms with Crippen LogP contribution in [0.15, 0.2) is 52.9 Å². The van der Waals surface area contributed by atoms with Gasteiger partial charge in [-0.2, -0.15) is 0 Å². The van der Waals surface area contributed by atoms with Gasteiger partial charge in [0.25, 0.3) is 0 Å². The highest BCUT2D eigenvalue weighted by atomic mass is 16.4. The lowest BCUT2D eigenvalue weighted by Gasteiger charge is -2.25. The molecule has 0 atom stereocenters. The number of benzene rings is 2. The van der Waals surface area contributed by atoms with Crippen molar-refractivity contribution in [3.05, 3.63) is 65.5 Å². The summed E-state index contributed by atoms with van der Waals surface area (Å²) in [6, 6.07) is 15.3. The molecule has 3 aromatic rings. The molecule has 0 radical (unpaired) electrons. The van der Waals surface area contributed by atoms with Gasteiger partial charge in [-0.3, -0.25) is 9.59 Å². The molecule has 1 heterocycles. The van der Waals surface area contributed by atoms with E-state index in [1.807, 2.05) is 48.5 Å². The molecule has 0 aliphatic heterocycles. The molecule has 1 aliphatic rings. The minimum absolute atomic E-state index is 0.184. The molecular weight excluding hydrogens is 344 g/mol. The van der Waals surface area contributed by atoms with Crippen LogP contribution in [0.5, 0.6) is 0 Å². The number of oxazole rings is 1. The number of hydrogen-bond acceptors (Lipinski definition) is 4. The van der Waals surface area contributed by atoms with E-state index in [2.05, 4.69) is 10.3 Å². The summed E-state index contributed by atoms with van der Waals surface area (Å²) in [6.07, 6.45) is 1.17. The molecule has 0 spiro atoms. The average molecular weight is 364 g/mol. The maximum atomic E-state index is 12.9. The molecule has 6 nitrogen and oxygen atoms in total. The summed E-state index contributed by atoms with van der Waals surface area (Å²) in [5.74, 6) is -0.632. The lowest BCUT2D eigenvalue weighted by atomic mass is 9.80. The first-order valence-corrected chi connectivity index (χ1v) is 8.97. The molecule has 1 aromatic heterocycles. The molecule has 0 saturated carbocycles. The maximum absolute atomic E-state index is 12.9. The third kappa shape index (κ3) is 3.43. The molecular formula is C21H20N2O4. The summed E-state index contributed by atoms with van der Waals surface area (Å²) >= 11 is 0. The Bertz CT molecular complexity index is 950. The fourth-order valence-corrected chi connectivity index (χ4v) is 3.85. The van der Waals surface area contributed by atoms with Gasteiger partial charge < -0.3 is 14.8 Å². The fourth-order valence-electron chi connectivity index (χ4n) is 3.85. The van der Waals surface area contributed by atoms with Crippen molar-refractivity contribution in [2.45, 2.75) is 25.7 Å². The van der Waals surface area contributed by atoms with Gasteiger partial charge in [0.2, 0.25) is 5.91 Å². The van der Waals surface area contributed by atoms with Crippen molar-refractivity contribution in [3.63, 3.8) is 0 Å². The summed E-state index contributed by atoms with van der Waals surface area (Å²) in [6.45, 7) is 0.351. The molecule has 0 unspecified atom stereocenters. The van der Waals surface area contributed by atoms with E-state index < -0.39 is 11.4 Å². The van der Waals surface area contributed by atoms with Crippen molar-refractivity contribution in [2.24, 2.45) is 5.41 Å². The van der Waals surface area contributed by atoms with E-state index in [-0.39, 0.29) is 12.3 Å². The lowest BCUT2D eigenvalue weighted by molar-refractivity contribution is -0.145. The summed E-state index contributed by atoms with van der Waals surface area (Å²) in [5.41, 5.74) is 2.66. The first-order chi connectivity index (χ1) is 13.1. The quantitative estimate of drug-likeness (QED) is 0.702. The second-order valence-corrected chi connectivity index (χ2v) is 7.05. The third-order valence-corrected chi connectivity index (χ3v) is 5.11. The van der Waals surface area contributed by atoms with Crippen LogP contribution in [0.1, 0.15) is 23.4 Å². The summed E-state index contributed by atoms with van der Waals surface area (Å²) < 4.78 is 5.66. The van der Waals surface area contributed by atoms with E-state index in [4.69, 9.17) is 4.42 Å². The number of carboxylic acid groups (broad SMARTS) is 1. The first kappa shape index (κ1) is 17.3. The SMILES string of the molecule is O=C(O)CC1(C(=O)NCCc2nc3ccccc3o2)Cc2ccccc2C1. The van der Waals surface area contributed by atoms with Gasteiger partial charge in [0, 0.05) is 13.0 Å². The molecule has 0 saturated heterocycles. The molecule has 1 aliphatic carbocycles. The van der Waals surface area contributed by atoms with Crippen LogP contribution in [0.4, 0.5) is 0 Å². The van der Waals surface area contributed by atoms with Gasteiger partial charge in [0.15, 0.2) is 11.5 Å². The number of nitrogens with one attached hydrogen (secondary N) is 1. The van der Waals surface area contributed by atoms with Gasteiger partial charge in [-0.15, -0.1) is 0 Å². The van der Waals surface area contributed by atoms with Crippen molar-refractivity contribution < 1.29 is 19.1 Å². The van der Waals surface area contributed by atoms with Crippen molar-refractivity contribution in [2.75, 3.05) is 6.54 Å². The monoisotopic (exact) mass is 364 g/mol. The lowest BCUT2D eigenvalue weighted by Crippen LogP contribution is -2.44. The number of fused-ring (bicyclic) bond motifs is 2. The zero-order valence-electron chi connectivity index (χ0n) is 14.8. The van der Waals surface area contributed by atoms with Gasteiger partial charge in [-0.05, 0) is 36.1 Å². The highest BCUT2D eigenvalue weighted by Crippen LogP contribution is 2.40. The van der Waals surface area contributed by atoms with Crippen molar-refractivity contribution in [1.29, 1.82) is 0 Å². The van der Waals surface area contributed by atoms with E-state index >= 15 is 0 Å². The second kappa shape index (κ2) is 6.87. The number of aromatic nitrogens is 1. The van der Waals surface area contributed by atoms with E-state index in [9.17, 15) is 14.7 Å². The predicted octanol–water partition coefficient (Wildman–Crippen LogP) is 2.75. The maximum Gasteiger partial charge on any atom is 0.304 e. The number of carbonyl (C=O) groups excluding carboxylic acids is 1. The van der Waals surface area contributed by atoms with Crippen molar-refractivity contribution in [1.82, 2.24) is 10.3 Å². The van der Waals surface area contributed by atoms with Crippen LogP contribution < -0.4 is 5.32 Å². The molecule has 0 bridgehead atoms. The Morgan fingerprint density at radius 3 is 2.41 bits per heavy atom. The molecule has 6 heteroatoms. The highest BCUT2D eigenvalue weighted by Gasteiger charge is 2.45. The van der Waals surface area contributed by atoms with Crippen molar-refractivity contribution in [3.8, 4) is 0 Å². The number of para-hydroxylation sites is 2. The Labute approximate surface area is 156 Å². The molecule has 1 amide bonds. The van der Waals surface area contributed by atoms with E-state index in [1.54, 1.807) is 0 Å². The smallest absolute Gasteiger partial charge is 0.304 e. The molecule has 4 rings (SSSR count). The predicted molar refractivity (Wildman–Crippen MR) is 99.3 cm³/mol. The highest BCUT2D eigenvalue weighted by molar-refractivity contribution is 5.88. The van der Waals surface area contributed by atoms with Gasteiger partial charge in [0.1, 0.15) is 5.52 Å². The molecule has 138 valence electrons. The van der Waals surface area contributed by atoms with Crippen LogP contribution in [0, 0.1) is 5.41 Å². The topological polar surface area (TPSA) is 92.4 Å². The second-order valence-electron chi connectivity index (χ2n) is 7.05. The van der Waals surface area contributed by atoms with Crippen molar-refractivity contribution >= 4 is 23.0 Å². The third-order valence-electron chi connectivity index (χ3n) is 5.11. The minimum atomic E-state index is -0.961. The molecule has 2 N–H and O–H groups in total. The number of carbonyl (C=O) groups is 2. The summed E-state index contributed by atoms with van der Waals surface area (Å²) in [7, 11) is 0. The van der Waals surface area contributed by atoms with Gasteiger partial charge in [-0.25, -0.2) is 4.98 Å². The van der Waals surface area contributed by atoms with Gasteiger partial charge in [0.05, 0.1) is 11.8 Å². The van der Waals surface area contributed by atoms with Crippen LogP contribution in [0.3, 0.4) is 0 Å². The average Bonchev–Trinajstić information content (AvgIpc) is 3.21. The largest absolute Gasteiger partial charge is 0.481 e. The van der Waals surface area contributed by atoms with Crippen LogP contribution >= 0.6 is 0 Å². The Morgan fingerprint density at radius 2 is 1.74 bits per heavy atom. The fraction of sp³-hybridized carbons (Fsp3) is 0.286. The number of hydrogen-bond donors (Lipinski definition) is 2. The van der Waals surface area contributed by atoms with E-state index in [0.29, 0.717) is 37.3 Å². The van der Waals surface area contributed by atoms with Crippen LogP contribution in [0.25, 0.3) is 11.1 Å². The number of rotatable bonds is 6. The Balaban J connectivity index is 1.44. The van der Waals surface area contributed by atoms with Gasteiger partial charge >= 0.3 is 5.97 Å². The van der Waals surface area contributed by atoms with Crippen LogP contribution in [-0.4, -0.2) is 28.5 Å². The molecule has 2 aromatic carbocycles. The standard InChI is InChI=1S/C21H20N2O4/c24-19(25)13-21(11-14-5-1-2-6-15(14)12-21)20(26)22-10-9-18-23-16-7-3-4-8-17(16)27-18/h1-8H,9-13H2,(H,22,26)(H,24,25). The summed E-state index contributed by atoms with van der Waals surface area (Å²) in [5, 5.41) is 12.2. The molecule has 0 fully saturated rings. The van der Waals surface area contributed by atoms with Gasteiger partial charge in [-0.1, -0.05) is 36.4 Å². The zero-order chi connectivity index (χ0) is 18.9. The molecule has 27 heavy (non-hydrogen) atoms. The van der Waals surface area contributed by atoms with E-state index in [0.717, 1.165) is 16.6 Å².